The number of carbonyl (C=O) groups excluding carboxylic acids is 1. The van der Waals surface area contributed by atoms with E-state index in [9.17, 15) is 18.0 Å². The Kier molecular flexibility index (Phi) is 5.83. The summed E-state index contributed by atoms with van der Waals surface area (Å²) in [5.74, 6) is 1.20. The third-order valence-electron chi connectivity index (χ3n) is 5.15. The van der Waals surface area contributed by atoms with Crippen molar-refractivity contribution in [3.63, 3.8) is 0 Å². The van der Waals surface area contributed by atoms with Crippen molar-refractivity contribution >= 4 is 11.6 Å². The smallest absolute Gasteiger partial charge is 0.416 e. The summed E-state index contributed by atoms with van der Waals surface area (Å²) >= 11 is 0. The molecule has 1 fully saturated rings. The van der Waals surface area contributed by atoms with Gasteiger partial charge in [0.05, 0.1) is 12.1 Å². The van der Waals surface area contributed by atoms with Crippen LogP contribution >= 0.6 is 0 Å². The first kappa shape index (κ1) is 20.5. The molecule has 1 saturated heterocycles. The van der Waals surface area contributed by atoms with Crippen molar-refractivity contribution < 1.29 is 27.4 Å². The van der Waals surface area contributed by atoms with Crippen molar-refractivity contribution in [2.24, 2.45) is 0 Å². The molecule has 0 aromatic heterocycles. The fourth-order valence-corrected chi connectivity index (χ4v) is 3.58. The van der Waals surface area contributed by atoms with Crippen molar-refractivity contribution in [2.75, 3.05) is 44.8 Å². The van der Waals surface area contributed by atoms with Crippen LogP contribution in [0.5, 0.6) is 11.5 Å². The SMILES string of the molecule is O=C(CN1CCN(Cc2ccc3c(c2)OCO3)CC1)Nc1cccc(C(F)(F)F)c1. The van der Waals surface area contributed by atoms with Crippen molar-refractivity contribution in [3.05, 3.63) is 53.6 Å². The molecule has 0 unspecified atom stereocenters. The molecule has 9 heteroatoms. The molecule has 6 nitrogen and oxygen atoms in total. The second kappa shape index (κ2) is 8.53. The predicted octanol–water partition coefficient (Wildman–Crippen LogP) is 3.19. The molecular formula is C21H22F3N3O3. The van der Waals surface area contributed by atoms with Crippen LogP contribution in [0.2, 0.25) is 0 Å². The van der Waals surface area contributed by atoms with Gasteiger partial charge in [0.25, 0.3) is 0 Å². The fourth-order valence-electron chi connectivity index (χ4n) is 3.58. The second-order valence-corrected chi connectivity index (χ2v) is 7.37. The zero-order valence-electron chi connectivity index (χ0n) is 16.2. The van der Waals surface area contributed by atoms with Crippen molar-refractivity contribution in [1.29, 1.82) is 0 Å². The van der Waals surface area contributed by atoms with Crippen LogP contribution in [0.1, 0.15) is 11.1 Å². The van der Waals surface area contributed by atoms with E-state index in [-0.39, 0.29) is 24.9 Å². The Bertz CT molecular complexity index is 912. The molecule has 2 aliphatic rings. The van der Waals surface area contributed by atoms with Crippen molar-refractivity contribution in [3.8, 4) is 11.5 Å². The molecule has 1 N–H and O–H groups in total. The van der Waals surface area contributed by atoms with Crippen molar-refractivity contribution in [1.82, 2.24) is 9.80 Å². The Morgan fingerprint density at radius 3 is 2.47 bits per heavy atom. The summed E-state index contributed by atoms with van der Waals surface area (Å²) in [7, 11) is 0. The molecule has 0 aliphatic carbocycles. The minimum atomic E-state index is -4.44. The van der Waals surface area contributed by atoms with E-state index in [2.05, 4.69) is 10.2 Å². The molecule has 2 aromatic rings. The van der Waals surface area contributed by atoms with Gasteiger partial charge in [0, 0.05) is 38.4 Å². The summed E-state index contributed by atoms with van der Waals surface area (Å²) in [5.41, 5.74) is 0.503. The molecule has 30 heavy (non-hydrogen) atoms. The molecule has 1 amide bonds. The highest BCUT2D eigenvalue weighted by Crippen LogP contribution is 2.33. The Hall–Kier alpha value is -2.78. The molecule has 2 aliphatic heterocycles. The maximum absolute atomic E-state index is 12.8. The lowest BCUT2D eigenvalue weighted by Gasteiger charge is -2.34. The third-order valence-corrected chi connectivity index (χ3v) is 5.15. The minimum absolute atomic E-state index is 0.147. The maximum Gasteiger partial charge on any atom is 0.416 e. The monoisotopic (exact) mass is 421 g/mol. The summed E-state index contributed by atoms with van der Waals surface area (Å²) < 4.78 is 49.1. The number of nitrogens with one attached hydrogen (secondary N) is 1. The Labute approximate surface area is 172 Å². The Morgan fingerprint density at radius 1 is 0.967 bits per heavy atom. The summed E-state index contributed by atoms with van der Waals surface area (Å²) in [6, 6.07) is 10.6. The van der Waals surface area contributed by atoms with Crippen LogP contribution in [-0.2, 0) is 17.5 Å². The number of carbonyl (C=O) groups is 1. The van der Waals surface area contributed by atoms with E-state index in [1.54, 1.807) is 0 Å². The van der Waals surface area contributed by atoms with Gasteiger partial charge in [-0.25, -0.2) is 0 Å². The van der Waals surface area contributed by atoms with E-state index in [0.717, 1.165) is 48.8 Å². The van der Waals surface area contributed by atoms with Gasteiger partial charge in [-0.15, -0.1) is 0 Å². The van der Waals surface area contributed by atoms with E-state index >= 15 is 0 Å². The van der Waals surface area contributed by atoms with Crippen LogP contribution in [0, 0.1) is 0 Å². The first-order valence-electron chi connectivity index (χ1n) is 9.67. The Morgan fingerprint density at radius 2 is 1.70 bits per heavy atom. The van der Waals surface area contributed by atoms with Crippen molar-refractivity contribution in [2.45, 2.75) is 12.7 Å². The largest absolute Gasteiger partial charge is 0.454 e. The lowest BCUT2D eigenvalue weighted by molar-refractivity contribution is -0.137. The van der Waals surface area contributed by atoms with E-state index in [4.69, 9.17) is 9.47 Å². The number of alkyl halides is 3. The van der Waals surface area contributed by atoms with E-state index in [1.165, 1.54) is 12.1 Å². The summed E-state index contributed by atoms with van der Waals surface area (Å²) in [5, 5.41) is 2.56. The van der Waals surface area contributed by atoms with Crippen LogP contribution in [0.4, 0.5) is 18.9 Å². The number of halogens is 3. The van der Waals surface area contributed by atoms with Gasteiger partial charge in [-0.1, -0.05) is 12.1 Å². The number of hydrogen-bond acceptors (Lipinski definition) is 5. The number of anilines is 1. The normalized spacial score (nSPS) is 17.2. The van der Waals surface area contributed by atoms with Gasteiger partial charge in [0.15, 0.2) is 11.5 Å². The van der Waals surface area contributed by atoms with Gasteiger partial charge >= 0.3 is 6.18 Å². The molecule has 0 atom stereocenters. The molecular weight excluding hydrogens is 399 g/mol. The summed E-state index contributed by atoms with van der Waals surface area (Å²) in [4.78, 5) is 16.5. The number of nitrogens with zero attached hydrogens (tertiary/aromatic N) is 2. The molecule has 2 aromatic carbocycles. The maximum atomic E-state index is 12.8. The molecule has 2 heterocycles. The predicted molar refractivity (Wildman–Crippen MR) is 104 cm³/mol. The second-order valence-electron chi connectivity index (χ2n) is 7.37. The number of amides is 1. The van der Waals surface area contributed by atoms with Crippen LogP contribution in [0.25, 0.3) is 0 Å². The molecule has 0 spiro atoms. The first-order valence-corrected chi connectivity index (χ1v) is 9.67. The zero-order valence-corrected chi connectivity index (χ0v) is 16.2. The van der Waals surface area contributed by atoms with Gasteiger partial charge in [-0.05, 0) is 35.9 Å². The van der Waals surface area contributed by atoms with E-state index in [1.807, 2.05) is 23.1 Å². The third kappa shape index (κ3) is 5.03. The van der Waals surface area contributed by atoms with Gasteiger partial charge in [0.2, 0.25) is 12.7 Å². The summed E-state index contributed by atoms with van der Waals surface area (Å²) in [6.07, 6.45) is -4.44. The molecule has 0 bridgehead atoms. The number of ether oxygens (including phenoxy) is 2. The van der Waals surface area contributed by atoms with Gasteiger partial charge in [-0.3, -0.25) is 14.6 Å². The molecule has 0 radical (unpaired) electrons. The van der Waals surface area contributed by atoms with E-state index in [0.29, 0.717) is 13.1 Å². The molecule has 0 saturated carbocycles. The van der Waals surface area contributed by atoms with Crippen LogP contribution < -0.4 is 14.8 Å². The van der Waals surface area contributed by atoms with E-state index < -0.39 is 11.7 Å². The lowest BCUT2D eigenvalue weighted by atomic mass is 10.1. The number of rotatable bonds is 5. The highest BCUT2D eigenvalue weighted by molar-refractivity contribution is 5.92. The van der Waals surface area contributed by atoms with Gasteiger partial charge < -0.3 is 14.8 Å². The van der Waals surface area contributed by atoms with Gasteiger partial charge in [-0.2, -0.15) is 13.2 Å². The molecule has 4 rings (SSSR count). The standard InChI is InChI=1S/C21H22F3N3O3/c22-21(23,24)16-2-1-3-17(11-16)25-20(28)13-27-8-6-26(7-9-27)12-15-4-5-18-19(10-15)30-14-29-18/h1-5,10-11H,6-9,12-14H2,(H,25,28). The fraction of sp³-hybridized carbons (Fsp3) is 0.381. The Balaban J connectivity index is 1.24. The summed E-state index contributed by atoms with van der Waals surface area (Å²) in [6.45, 7) is 4.19. The highest BCUT2D eigenvalue weighted by Gasteiger charge is 2.30. The number of piperazine rings is 1. The van der Waals surface area contributed by atoms with Crippen LogP contribution in [0.3, 0.4) is 0 Å². The van der Waals surface area contributed by atoms with Crippen LogP contribution in [0.15, 0.2) is 42.5 Å². The minimum Gasteiger partial charge on any atom is -0.454 e. The highest BCUT2D eigenvalue weighted by atomic mass is 19.4. The first-order chi connectivity index (χ1) is 14.4. The quantitative estimate of drug-likeness (QED) is 0.804. The molecule has 160 valence electrons. The number of fused-ring (bicyclic) bond motifs is 1. The van der Waals surface area contributed by atoms with Gasteiger partial charge in [0.1, 0.15) is 0 Å². The number of benzene rings is 2. The zero-order chi connectivity index (χ0) is 21.1. The van der Waals surface area contributed by atoms with Crippen LogP contribution in [-0.4, -0.2) is 55.2 Å². The topological polar surface area (TPSA) is 54.0 Å². The average Bonchev–Trinajstić information content (AvgIpc) is 3.17. The average molecular weight is 421 g/mol. The number of hydrogen-bond donors (Lipinski definition) is 1. The lowest BCUT2D eigenvalue weighted by Crippen LogP contribution is -2.48.